The van der Waals surface area contributed by atoms with Crippen LogP contribution in [0.15, 0.2) is 30.3 Å². The molecule has 0 unspecified atom stereocenters. The highest BCUT2D eigenvalue weighted by Crippen LogP contribution is 2.26. The fourth-order valence-electron chi connectivity index (χ4n) is 1.78. The molecule has 0 amide bonds. The van der Waals surface area contributed by atoms with Crippen LogP contribution in [0.25, 0.3) is 10.9 Å². The van der Waals surface area contributed by atoms with Gasteiger partial charge in [-0.1, -0.05) is 18.2 Å². The minimum Gasteiger partial charge on any atom is -0.481 e. The average molecular weight is 229 g/mol. The first-order chi connectivity index (χ1) is 7.93. The Kier molecular flexibility index (Phi) is 2.62. The zero-order valence-corrected chi connectivity index (χ0v) is 10.2. The van der Waals surface area contributed by atoms with Crippen molar-refractivity contribution in [3.05, 3.63) is 41.6 Å². The maximum absolute atomic E-state index is 11.2. The Morgan fingerprint density at radius 1 is 1.29 bits per heavy atom. The molecule has 1 N–H and O–H groups in total. The van der Waals surface area contributed by atoms with Gasteiger partial charge in [0.05, 0.1) is 11.2 Å². The molecule has 3 heteroatoms. The molecule has 2 aromatic rings. The molecule has 88 valence electrons. The van der Waals surface area contributed by atoms with Crippen molar-refractivity contribution in [2.45, 2.75) is 26.2 Å². The minimum atomic E-state index is -0.964. The van der Waals surface area contributed by atoms with Crippen molar-refractivity contribution in [1.29, 1.82) is 0 Å². The quantitative estimate of drug-likeness (QED) is 0.861. The van der Waals surface area contributed by atoms with Gasteiger partial charge in [0.15, 0.2) is 0 Å². The number of fused-ring (bicyclic) bond motifs is 1. The van der Waals surface area contributed by atoms with E-state index in [-0.39, 0.29) is 0 Å². The van der Waals surface area contributed by atoms with Crippen LogP contribution >= 0.6 is 0 Å². The van der Waals surface area contributed by atoms with Gasteiger partial charge in [-0.3, -0.25) is 9.78 Å². The van der Waals surface area contributed by atoms with Crippen molar-refractivity contribution in [2.24, 2.45) is 0 Å². The average Bonchev–Trinajstić information content (AvgIpc) is 2.28. The summed E-state index contributed by atoms with van der Waals surface area (Å²) in [4.78, 5) is 15.7. The molecule has 1 aromatic carbocycles. The molecule has 0 fully saturated rings. The van der Waals surface area contributed by atoms with E-state index >= 15 is 0 Å². The van der Waals surface area contributed by atoms with E-state index in [4.69, 9.17) is 0 Å². The molecule has 17 heavy (non-hydrogen) atoms. The second-order valence-corrected chi connectivity index (χ2v) is 4.77. The molecule has 1 aromatic heterocycles. The molecule has 0 atom stereocenters. The third-order valence-electron chi connectivity index (χ3n) is 3.10. The van der Waals surface area contributed by atoms with Crippen molar-refractivity contribution in [1.82, 2.24) is 4.98 Å². The number of carbonyl (C=O) groups is 1. The van der Waals surface area contributed by atoms with Crippen LogP contribution in [-0.4, -0.2) is 16.1 Å². The second-order valence-electron chi connectivity index (χ2n) is 4.77. The summed E-state index contributed by atoms with van der Waals surface area (Å²) in [6, 6.07) is 9.63. The van der Waals surface area contributed by atoms with E-state index in [0.717, 1.165) is 16.5 Å². The Bertz CT molecular complexity index is 588. The van der Waals surface area contributed by atoms with E-state index < -0.39 is 11.4 Å². The van der Waals surface area contributed by atoms with Crippen LogP contribution in [0.1, 0.15) is 25.1 Å². The first kappa shape index (κ1) is 11.6. The molecule has 0 radical (unpaired) electrons. The van der Waals surface area contributed by atoms with Crippen LogP contribution in [0, 0.1) is 6.92 Å². The maximum Gasteiger partial charge on any atom is 0.315 e. The van der Waals surface area contributed by atoms with Gasteiger partial charge in [0.25, 0.3) is 0 Å². The molecule has 0 aliphatic carbocycles. The number of rotatable bonds is 2. The number of nitrogens with zero attached hydrogens (tertiary/aromatic N) is 1. The number of para-hydroxylation sites is 1. The van der Waals surface area contributed by atoms with E-state index in [0.29, 0.717) is 5.69 Å². The van der Waals surface area contributed by atoms with Gasteiger partial charge in [-0.25, -0.2) is 0 Å². The van der Waals surface area contributed by atoms with Gasteiger partial charge in [0.2, 0.25) is 0 Å². The number of carboxylic acids is 1. The van der Waals surface area contributed by atoms with E-state index in [1.807, 2.05) is 37.3 Å². The third-order valence-corrected chi connectivity index (χ3v) is 3.10. The molecule has 0 bridgehead atoms. The van der Waals surface area contributed by atoms with E-state index in [2.05, 4.69) is 4.98 Å². The highest BCUT2D eigenvalue weighted by Gasteiger charge is 2.31. The lowest BCUT2D eigenvalue weighted by Gasteiger charge is -2.19. The summed E-state index contributed by atoms with van der Waals surface area (Å²) in [5, 5.41) is 10.3. The zero-order valence-electron chi connectivity index (χ0n) is 10.2. The number of pyridine rings is 1. The molecular formula is C14H15NO2. The number of carboxylic acid groups (broad SMARTS) is 1. The summed E-state index contributed by atoms with van der Waals surface area (Å²) in [6.07, 6.45) is 0. The molecular weight excluding hydrogens is 214 g/mol. The molecule has 0 aliphatic rings. The van der Waals surface area contributed by atoms with Crippen LogP contribution < -0.4 is 0 Å². The zero-order chi connectivity index (χ0) is 12.6. The first-order valence-corrected chi connectivity index (χ1v) is 5.53. The van der Waals surface area contributed by atoms with Gasteiger partial charge in [0, 0.05) is 5.39 Å². The van der Waals surface area contributed by atoms with Gasteiger partial charge in [-0.05, 0) is 38.5 Å². The Balaban J connectivity index is 2.69. The molecule has 0 aliphatic heterocycles. The van der Waals surface area contributed by atoms with Gasteiger partial charge >= 0.3 is 5.97 Å². The Morgan fingerprint density at radius 2 is 1.94 bits per heavy atom. The smallest absolute Gasteiger partial charge is 0.315 e. The predicted octanol–water partition coefficient (Wildman–Crippen LogP) is 2.91. The standard InChI is InChI=1S/C14H15NO2/c1-9-8-12(14(2,3)13(16)17)15-11-7-5-4-6-10(9)11/h4-8H,1-3H3,(H,16,17). The number of hydrogen-bond acceptors (Lipinski definition) is 2. The lowest BCUT2D eigenvalue weighted by molar-refractivity contribution is -0.142. The molecule has 0 saturated carbocycles. The van der Waals surface area contributed by atoms with Crippen LogP contribution in [0.2, 0.25) is 0 Å². The lowest BCUT2D eigenvalue weighted by atomic mass is 9.88. The highest BCUT2D eigenvalue weighted by atomic mass is 16.4. The van der Waals surface area contributed by atoms with Crippen LogP contribution in [0.4, 0.5) is 0 Å². The predicted molar refractivity (Wildman–Crippen MR) is 67.1 cm³/mol. The number of aryl methyl sites for hydroxylation is 1. The van der Waals surface area contributed by atoms with E-state index in [1.54, 1.807) is 13.8 Å². The van der Waals surface area contributed by atoms with Crippen LogP contribution in [0.5, 0.6) is 0 Å². The summed E-state index contributed by atoms with van der Waals surface area (Å²) in [7, 11) is 0. The lowest BCUT2D eigenvalue weighted by Crippen LogP contribution is -2.29. The van der Waals surface area contributed by atoms with Gasteiger partial charge in [0.1, 0.15) is 5.41 Å². The molecule has 0 saturated heterocycles. The fourth-order valence-corrected chi connectivity index (χ4v) is 1.78. The topological polar surface area (TPSA) is 50.2 Å². The summed E-state index contributed by atoms with van der Waals surface area (Å²) < 4.78 is 0. The van der Waals surface area contributed by atoms with Crippen molar-refractivity contribution < 1.29 is 9.90 Å². The van der Waals surface area contributed by atoms with Gasteiger partial charge in [-0.2, -0.15) is 0 Å². The van der Waals surface area contributed by atoms with Crippen LogP contribution in [-0.2, 0) is 10.2 Å². The second kappa shape index (κ2) is 3.84. The number of benzene rings is 1. The SMILES string of the molecule is Cc1cc(C(C)(C)C(=O)O)nc2ccccc12. The molecule has 2 rings (SSSR count). The Hall–Kier alpha value is -1.90. The number of aromatic nitrogens is 1. The summed E-state index contributed by atoms with van der Waals surface area (Å²) in [6.45, 7) is 5.32. The Labute approximate surface area is 100 Å². The first-order valence-electron chi connectivity index (χ1n) is 5.53. The van der Waals surface area contributed by atoms with Gasteiger partial charge < -0.3 is 5.11 Å². The van der Waals surface area contributed by atoms with Crippen molar-refractivity contribution in [3.8, 4) is 0 Å². The number of aliphatic carboxylic acids is 1. The molecule has 3 nitrogen and oxygen atoms in total. The monoisotopic (exact) mass is 229 g/mol. The van der Waals surface area contributed by atoms with E-state index in [1.165, 1.54) is 0 Å². The highest BCUT2D eigenvalue weighted by molar-refractivity contribution is 5.85. The molecule has 1 heterocycles. The maximum atomic E-state index is 11.2. The molecule has 0 spiro atoms. The van der Waals surface area contributed by atoms with Crippen molar-refractivity contribution >= 4 is 16.9 Å². The minimum absolute atomic E-state index is 0.598. The summed E-state index contributed by atoms with van der Waals surface area (Å²) in [5.41, 5.74) is 1.53. The summed E-state index contributed by atoms with van der Waals surface area (Å²) >= 11 is 0. The van der Waals surface area contributed by atoms with Crippen molar-refractivity contribution in [2.75, 3.05) is 0 Å². The summed E-state index contributed by atoms with van der Waals surface area (Å²) in [5.74, 6) is -0.861. The number of hydrogen-bond donors (Lipinski definition) is 1. The van der Waals surface area contributed by atoms with Crippen molar-refractivity contribution in [3.63, 3.8) is 0 Å². The Morgan fingerprint density at radius 3 is 2.59 bits per heavy atom. The third kappa shape index (κ3) is 1.88. The largest absolute Gasteiger partial charge is 0.481 e. The van der Waals surface area contributed by atoms with E-state index in [9.17, 15) is 9.90 Å². The fraction of sp³-hybridized carbons (Fsp3) is 0.286. The normalized spacial score (nSPS) is 11.7. The van der Waals surface area contributed by atoms with Crippen LogP contribution in [0.3, 0.4) is 0 Å². The van der Waals surface area contributed by atoms with Gasteiger partial charge in [-0.15, -0.1) is 0 Å².